The van der Waals surface area contributed by atoms with Gasteiger partial charge in [-0.3, -0.25) is 4.98 Å². The van der Waals surface area contributed by atoms with Gasteiger partial charge in [0.05, 0.1) is 0 Å². The number of nitrogens with zero attached hydrogens (tertiary/aromatic N) is 1. The third kappa shape index (κ3) is 0.598. The molecule has 0 aromatic carbocycles. The quantitative estimate of drug-likeness (QED) is 0.525. The molecule has 0 aliphatic carbocycles. The first-order chi connectivity index (χ1) is 4.47. The fourth-order valence-corrected chi connectivity index (χ4v) is 0.750. The van der Waals surface area contributed by atoms with E-state index < -0.39 is 0 Å². The number of pyridine rings is 1. The zero-order valence-corrected chi connectivity index (χ0v) is 4.66. The van der Waals surface area contributed by atoms with Crippen molar-refractivity contribution in [3.63, 3.8) is 0 Å². The highest BCUT2D eigenvalue weighted by atomic mass is 16.3. The molecule has 43 valence electrons. The summed E-state index contributed by atoms with van der Waals surface area (Å²) in [6.07, 6.45) is 7.79. The van der Waals surface area contributed by atoms with Gasteiger partial charge in [0.15, 0.2) is 6.26 Å². The highest BCUT2D eigenvalue weighted by molar-refractivity contribution is 5.78. The van der Waals surface area contributed by atoms with Gasteiger partial charge in [-0.25, -0.2) is 0 Å². The highest BCUT2D eigenvalue weighted by Crippen LogP contribution is 2.10. The molecule has 1 radical (unpaired) electrons. The fourth-order valence-electron chi connectivity index (χ4n) is 0.750. The Hall–Kier alpha value is -1.31. The summed E-state index contributed by atoms with van der Waals surface area (Å²) < 4.78 is 4.80. The van der Waals surface area contributed by atoms with Crippen molar-refractivity contribution < 1.29 is 4.42 Å². The van der Waals surface area contributed by atoms with Crippen LogP contribution in [0.1, 0.15) is 0 Å². The Morgan fingerprint density at radius 2 is 2.56 bits per heavy atom. The van der Waals surface area contributed by atoms with Crippen molar-refractivity contribution in [2.24, 2.45) is 0 Å². The van der Waals surface area contributed by atoms with Gasteiger partial charge >= 0.3 is 0 Å². The number of rotatable bonds is 0. The van der Waals surface area contributed by atoms with Gasteiger partial charge < -0.3 is 4.42 Å². The summed E-state index contributed by atoms with van der Waals surface area (Å²) in [6, 6.07) is 1.86. The summed E-state index contributed by atoms with van der Waals surface area (Å²) in [5, 5.41) is 1.97. The molecular weight excluding hydrogens is 114 g/mol. The topological polar surface area (TPSA) is 26.0 Å². The number of hydrogen-bond acceptors (Lipinski definition) is 2. The largest absolute Gasteiger partial charge is 0.460 e. The summed E-state index contributed by atoms with van der Waals surface area (Å²) in [5.41, 5.74) is 0. The van der Waals surface area contributed by atoms with E-state index in [0.29, 0.717) is 0 Å². The molecule has 2 aromatic heterocycles. The first kappa shape index (κ1) is 4.56. The third-order valence-electron chi connectivity index (χ3n) is 1.21. The van der Waals surface area contributed by atoms with Gasteiger partial charge in [0.25, 0.3) is 0 Å². The fraction of sp³-hybridized carbons (Fsp3) is 0. The van der Waals surface area contributed by atoms with E-state index in [4.69, 9.17) is 4.42 Å². The predicted octanol–water partition coefficient (Wildman–Crippen LogP) is 1.63. The Morgan fingerprint density at radius 1 is 1.56 bits per heavy atom. The van der Waals surface area contributed by atoms with Gasteiger partial charge in [-0.05, 0) is 6.07 Å². The molecule has 2 rings (SSSR count). The molecule has 9 heavy (non-hydrogen) atoms. The van der Waals surface area contributed by atoms with Crippen LogP contribution in [0.15, 0.2) is 29.1 Å². The van der Waals surface area contributed by atoms with Gasteiger partial charge in [-0.15, -0.1) is 0 Å². The normalized spacial score (nSPS) is 10.2. The Labute approximate surface area is 52.1 Å². The second-order valence-corrected chi connectivity index (χ2v) is 1.80. The van der Waals surface area contributed by atoms with Crippen LogP contribution >= 0.6 is 0 Å². The SMILES string of the molecule is [c]1occ2cnccc12. The molecule has 0 spiro atoms. The van der Waals surface area contributed by atoms with E-state index in [2.05, 4.69) is 11.2 Å². The van der Waals surface area contributed by atoms with Crippen LogP contribution in [-0.2, 0) is 0 Å². The molecule has 0 saturated carbocycles. The summed E-state index contributed by atoms with van der Waals surface area (Å²) >= 11 is 0. The Kier molecular flexibility index (Phi) is 0.803. The van der Waals surface area contributed by atoms with Crippen LogP contribution in [0.4, 0.5) is 0 Å². The zero-order chi connectivity index (χ0) is 6.10. The minimum Gasteiger partial charge on any atom is -0.460 e. The van der Waals surface area contributed by atoms with Crippen LogP contribution in [0.2, 0.25) is 0 Å². The molecule has 0 unspecified atom stereocenters. The first-order valence-electron chi connectivity index (χ1n) is 2.66. The molecule has 0 saturated heterocycles. The van der Waals surface area contributed by atoms with Crippen molar-refractivity contribution in [2.75, 3.05) is 0 Å². The summed E-state index contributed by atoms with van der Waals surface area (Å²) in [5.74, 6) is 0. The smallest absolute Gasteiger partial charge is 0.177 e. The molecule has 2 aromatic rings. The minimum atomic E-state index is 0.977. The van der Waals surface area contributed by atoms with Crippen LogP contribution in [-0.4, -0.2) is 4.98 Å². The lowest BCUT2D eigenvalue weighted by atomic mass is 10.3. The summed E-state index contributed by atoms with van der Waals surface area (Å²) in [4.78, 5) is 3.91. The Morgan fingerprint density at radius 3 is 3.44 bits per heavy atom. The van der Waals surface area contributed by atoms with E-state index >= 15 is 0 Å². The first-order valence-corrected chi connectivity index (χ1v) is 2.66. The molecule has 0 atom stereocenters. The third-order valence-corrected chi connectivity index (χ3v) is 1.21. The van der Waals surface area contributed by atoms with Crippen molar-refractivity contribution in [1.29, 1.82) is 0 Å². The minimum absolute atomic E-state index is 0.977. The summed E-state index contributed by atoms with van der Waals surface area (Å²) in [7, 11) is 0. The zero-order valence-electron chi connectivity index (χ0n) is 4.66. The number of fused-ring (bicyclic) bond motifs is 1. The van der Waals surface area contributed by atoms with Crippen molar-refractivity contribution >= 4 is 10.8 Å². The van der Waals surface area contributed by atoms with Gasteiger partial charge in [-0.1, -0.05) is 0 Å². The maximum absolute atomic E-state index is 4.80. The van der Waals surface area contributed by atoms with Crippen molar-refractivity contribution in [3.05, 3.63) is 31.0 Å². The van der Waals surface area contributed by atoms with Gasteiger partial charge in [-0.2, -0.15) is 0 Å². The van der Waals surface area contributed by atoms with E-state index in [1.807, 2.05) is 6.07 Å². The standard InChI is InChI=1S/C7H4NO/c1-2-8-3-7-5-9-4-6(1)7/h1-3,5H. The second-order valence-electron chi connectivity index (χ2n) is 1.80. The van der Waals surface area contributed by atoms with E-state index in [1.165, 1.54) is 0 Å². The predicted molar refractivity (Wildman–Crippen MR) is 32.8 cm³/mol. The highest BCUT2D eigenvalue weighted by Gasteiger charge is 1.91. The van der Waals surface area contributed by atoms with E-state index in [1.54, 1.807) is 18.7 Å². The van der Waals surface area contributed by atoms with E-state index in [9.17, 15) is 0 Å². The molecule has 2 heteroatoms. The Bertz CT molecular complexity index is 283. The number of hydrogen-bond donors (Lipinski definition) is 0. The van der Waals surface area contributed by atoms with Crippen LogP contribution in [0.25, 0.3) is 10.8 Å². The number of furan rings is 1. The number of aromatic nitrogens is 1. The molecule has 0 N–H and O–H groups in total. The van der Waals surface area contributed by atoms with Gasteiger partial charge in [0, 0.05) is 23.2 Å². The molecular formula is C7H4NO. The average Bonchev–Trinajstić information content (AvgIpc) is 2.33. The average molecular weight is 118 g/mol. The van der Waals surface area contributed by atoms with E-state index in [0.717, 1.165) is 10.8 Å². The van der Waals surface area contributed by atoms with E-state index in [-0.39, 0.29) is 0 Å². The Balaban J connectivity index is 2.95. The molecule has 2 heterocycles. The molecule has 0 fully saturated rings. The van der Waals surface area contributed by atoms with Crippen LogP contribution < -0.4 is 0 Å². The lowest BCUT2D eigenvalue weighted by molar-refractivity contribution is 0.563. The molecule has 0 aliphatic heterocycles. The lowest BCUT2D eigenvalue weighted by Crippen LogP contribution is -1.65. The van der Waals surface area contributed by atoms with Crippen LogP contribution in [0.3, 0.4) is 0 Å². The van der Waals surface area contributed by atoms with Crippen molar-refractivity contribution in [3.8, 4) is 0 Å². The lowest BCUT2D eigenvalue weighted by Gasteiger charge is -1.79. The van der Waals surface area contributed by atoms with Crippen LogP contribution in [0, 0.1) is 6.26 Å². The second kappa shape index (κ2) is 1.58. The van der Waals surface area contributed by atoms with Crippen molar-refractivity contribution in [1.82, 2.24) is 4.98 Å². The van der Waals surface area contributed by atoms with Crippen LogP contribution in [0.5, 0.6) is 0 Å². The molecule has 0 bridgehead atoms. The molecule has 0 aliphatic rings. The molecule has 2 nitrogen and oxygen atoms in total. The van der Waals surface area contributed by atoms with Gasteiger partial charge in [0.1, 0.15) is 6.26 Å². The maximum atomic E-state index is 4.80. The van der Waals surface area contributed by atoms with Gasteiger partial charge in [0.2, 0.25) is 0 Å². The monoisotopic (exact) mass is 118 g/mol. The van der Waals surface area contributed by atoms with Crippen molar-refractivity contribution in [2.45, 2.75) is 0 Å². The molecule has 0 amide bonds. The maximum Gasteiger partial charge on any atom is 0.177 e. The summed E-state index contributed by atoms with van der Waals surface area (Å²) in [6.45, 7) is 0.